The first-order chi connectivity index (χ1) is 16.4. The zero-order chi connectivity index (χ0) is 25.8. The number of imide groups is 1. The molecule has 2 aromatic rings. The third-order valence-corrected chi connectivity index (χ3v) is 5.50. The van der Waals surface area contributed by atoms with Gasteiger partial charge in [0, 0.05) is 48.8 Å². The largest absolute Gasteiger partial charge is 0.455 e. The van der Waals surface area contributed by atoms with Gasteiger partial charge in [0.2, 0.25) is 5.91 Å². The Hall–Kier alpha value is -3.79. The number of urea groups is 1. The molecule has 0 unspecified atom stereocenters. The molecular formula is C25H32N6O4. The number of aliphatic hydroxyl groups is 1. The number of rotatable bonds is 8. The van der Waals surface area contributed by atoms with Crippen molar-refractivity contribution >= 4 is 29.5 Å². The van der Waals surface area contributed by atoms with Gasteiger partial charge in [-0.05, 0) is 45.4 Å². The van der Waals surface area contributed by atoms with E-state index in [-0.39, 0.29) is 5.91 Å². The third-order valence-electron chi connectivity index (χ3n) is 5.50. The summed E-state index contributed by atoms with van der Waals surface area (Å²) in [7, 11) is 0. The maximum absolute atomic E-state index is 12.5. The van der Waals surface area contributed by atoms with E-state index in [1.807, 2.05) is 13.8 Å². The van der Waals surface area contributed by atoms with Gasteiger partial charge < -0.3 is 20.6 Å². The highest BCUT2D eigenvalue weighted by Gasteiger charge is 2.41. The highest BCUT2D eigenvalue weighted by Crippen LogP contribution is 2.31. The molecule has 0 radical (unpaired) electrons. The number of hydrogen-bond acceptors (Lipinski definition) is 8. The van der Waals surface area contributed by atoms with Crippen molar-refractivity contribution < 1.29 is 19.4 Å². The Kier molecular flexibility index (Phi) is 7.54. The number of carbonyl (C=O) groups is 2. The molecule has 10 nitrogen and oxygen atoms in total. The van der Waals surface area contributed by atoms with Crippen molar-refractivity contribution in [2.75, 3.05) is 18.4 Å². The van der Waals surface area contributed by atoms with Crippen molar-refractivity contribution in [1.29, 1.82) is 5.41 Å². The number of nitrogens with one attached hydrogen (secondary N) is 3. The van der Waals surface area contributed by atoms with Crippen LogP contribution in [-0.2, 0) is 4.79 Å². The molecule has 0 aliphatic carbocycles. The molecule has 0 atom stereocenters. The molecular weight excluding hydrogens is 448 g/mol. The highest BCUT2D eigenvalue weighted by molar-refractivity contribution is 6.07. The number of hydrogen-bond donors (Lipinski definition) is 4. The lowest BCUT2D eigenvalue weighted by Gasteiger charge is -2.18. The van der Waals surface area contributed by atoms with E-state index in [1.54, 1.807) is 57.4 Å². The van der Waals surface area contributed by atoms with Gasteiger partial charge >= 0.3 is 6.03 Å². The van der Waals surface area contributed by atoms with E-state index in [2.05, 4.69) is 20.6 Å². The summed E-state index contributed by atoms with van der Waals surface area (Å²) in [6.45, 7) is 9.47. The van der Waals surface area contributed by atoms with Crippen molar-refractivity contribution in [3.63, 3.8) is 0 Å². The molecule has 0 aromatic carbocycles. The van der Waals surface area contributed by atoms with Gasteiger partial charge in [0.1, 0.15) is 17.3 Å². The minimum absolute atomic E-state index is 0.200. The smallest absolute Gasteiger partial charge is 0.329 e. The maximum Gasteiger partial charge on any atom is 0.329 e. The van der Waals surface area contributed by atoms with E-state index in [0.29, 0.717) is 53.8 Å². The Morgan fingerprint density at radius 3 is 2.69 bits per heavy atom. The van der Waals surface area contributed by atoms with Gasteiger partial charge in [0.15, 0.2) is 0 Å². The quantitative estimate of drug-likeness (QED) is 0.422. The normalized spacial score (nSPS) is 15.7. The molecule has 0 spiro atoms. The van der Waals surface area contributed by atoms with Crippen LogP contribution in [0.1, 0.15) is 45.5 Å². The number of nitrogens with zero attached hydrogens (tertiary/aromatic N) is 3. The topological polar surface area (TPSA) is 141 Å². The number of amides is 3. The van der Waals surface area contributed by atoms with Crippen LogP contribution in [-0.4, -0.2) is 56.8 Å². The first-order valence-corrected chi connectivity index (χ1v) is 11.3. The predicted molar refractivity (Wildman–Crippen MR) is 133 cm³/mol. The van der Waals surface area contributed by atoms with E-state index in [0.717, 1.165) is 0 Å². The second kappa shape index (κ2) is 10.2. The SMILES string of the molecule is Cc1nc(NC(=O)N2CCC(C)(C)C2=O)ccc1Oc1ccnc(/C(C=N)=C/NCC(C)(C)O)c1. The summed E-state index contributed by atoms with van der Waals surface area (Å²) in [6.07, 6.45) is 4.98. The van der Waals surface area contributed by atoms with Gasteiger partial charge in [-0.15, -0.1) is 0 Å². The molecule has 3 amide bonds. The molecule has 3 rings (SSSR count). The monoisotopic (exact) mass is 480 g/mol. The molecule has 35 heavy (non-hydrogen) atoms. The van der Waals surface area contributed by atoms with Crippen molar-refractivity contribution in [3.05, 3.63) is 48.1 Å². The molecule has 1 fully saturated rings. The number of aryl methyl sites for hydroxylation is 1. The van der Waals surface area contributed by atoms with Gasteiger partial charge in [-0.3, -0.25) is 20.0 Å². The molecule has 10 heteroatoms. The molecule has 3 heterocycles. The number of ether oxygens (including phenoxy) is 1. The van der Waals surface area contributed by atoms with Crippen LogP contribution in [0, 0.1) is 17.7 Å². The van der Waals surface area contributed by atoms with Crippen LogP contribution >= 0.6 is 0 Å². The highest BCUT2D eigenvalue weighted by atomic mass is 16.5. The molecule has 0 bridgehead atoms. The predicted octanol–water partition coefficient (Wildman–Crippen LogP) is 3.72. The van der Waals surface area contributed by atoms with Gasteiger partial charge in [0.25, 0.3) is 0 Å². The first kappa shape index (κ1) is 25.8. The summed E-state index contributed by atoms with van der Waals surface area (Å²) < 4.78 is 5.96. The summed E-state index contributed by atoms with van der Waals surface area (Å²) >= 11 is 0. The minimum Gasteiger partial charge on any atom is -0.455 e. The fourth-order valence-electron chi connectivity index (χ4n) is 3.42. The minimum atomic E-state index is -0.890. The van der Waals surface area contributed by atoms with Crippen molar-refractivity contribution in [3.8, 4) is 11.5 Å². The number of anilines is 1. The van der Waals surface area contributed by atoms with E-state index >= 15 is 0 Å². The Bertz CT molecular complexity index is 1150. The number of pyridine rings is 2. The molecule has 1 aliphatic heterocycles. The van der Waals surface area contributed by atoms with Crippen LogP contribution in [0.5, 0.6) is 11.5 Å². The van der Waals surface area contributed by atoms with Gasteiger partial charge in [-0.2, -0.15) is 0 Å². The van der Waals surface area contributed by atoms with E-state index < -0.39 is 17.0 Å². The third kappa shape index (κ3) is 6.63. The average Bonchev–Trinajstić information content (AvgIpc) is 3.05. The lowest BCUT2D eigenvalue weighted by Crippen LogP contribution is -2.39. The van der Waals surface area contributed by atoms with Crippen molar-refractivity contribution in [2.24, 2.45) is 5.41 Å². The first-order valence-electron chi connectivity index (χ1n) is 11.3. The average molecular weight is 481 g/mol. The van der Waals surface area contributed by atoms with Crippen LogP contribution in [0.15, 0.2) is 36.7 Å². The lowest BCUT2D eigenvalue weighted by atomic mass is 9.92. The molecule has 1 aliphatic rings. The fourth-order valence-corrected chi connectivity index (χ4v) is 3.42. The van der Waals surface area contributed by atoms with E-state index in [4.69, 9.17) is 10.1 Å². The number of allylic oxidation sites excluding steroid dienone is 1. The van der Waals surface area contributed by atoms with Crippen LogP contribution in [0.4, 0.5) is 10.6 Å². The molecule has 0 saturated carbocycles. The molecule has 1 saturated heterocycles. The zero-order valence-electron chi connectivity index (χ0n) is 20.7. The molecule has 4 N–H and O–H groups in total. The number of carbonyl (C=O) groups excluding carboxylic acids is 2. The Labute approximate surface area is 204 Å². The lowest BCUT2D eigenvalue weighted by molar-refractivity contribution is -0.131. The Balaban J connectivity index is 1.69. The van der Waals surface area contributed by atoms with Crippen LogP contribution in [0.3, 0.4) is 0 Å². The molecule has 2 aromatic heterocycles. The van der Waals surface area contributed by atoms with Crippen LogP contribution in [0.2, 0.25) is 0 Å². The Morgan fingerprint density at radius 1 is 1.34 bits per heavy atom. The standard InChI is InChI=1S/C25H32N6O4/c1-16-20(6-7-21(29-16)30-23(33)31-11-9-24(2,3)22(31)32)35-18-8-10-28-19(12-18)17(13-26)14-27-15-25(4,5)34/h6-8,10,12-14,26-27,34H,9,11,15H2,1-5H3,(H,29,30,33)/b17-14+,26-13?. The second-order valence-corrected chi connectivity index (χ2v) is 9.72. The van der Waals surface area contributed by atoms with E-state index in [1.165, 1.54) is 11.1 Å². The summed E-state index contributed by atoms with van der Waals surface area (Å²) in [6, 6.07) is 6.18. The van der Waals surface area contributed by atoms with Gasteiger partial charge in [0.05, 0.1) is 17.0 Å². The van der Waals surface area contributed by atoms with Gasteiger partial charge in [-0.25, -0.2) is 9.78 Å². The number of likely N-dealkylation sites (tertiary alicyclic amines) is 1. The summed E-state index contributed by atoms with van der Waals surface area (Å²) in [5.74, 6) is 1.10. The summed E-state index contributed by atoms with van der Waals surface area (Å²) in [5, 5.41) is 23.2. The fraction of sp³-hybridized carbons (Fsp3) is 0.400. The number of aromatic nitrogens is 2. The summed E-state index contributed by atoms with van der Waals surface area (Å²) in [5.41, 5.74) is 0.156. The van der Waals surface area contributed by atoms with Crippen molar-refractivity contribution in [1.82, 2.24) is 20.2 Å². The zero-order valence-corrected chi connectivity index (χ0v) is 20.7. The molecule has 186 valence electrons. The van der Waals surface area contributed by atoms with Crippen LogP contribution < -0.4 is 15.4 Å². The van der Waals surface area contributed by atoms with Crippen molar-refractivity contribution in [2.45, 2.75) is 46.6 Å². The maximum atomic E-state index is 12.5. The van der Waals surface area contributed by atoms with Gasteiger partial charge in [-0.1, -0.05) is 13.8 Å². The Morgan fingerprint density at radius 2 is 2.09 bits per heavy atom. The second-order valence-electron chi connectivity index (χ2n) is 9.72. The summed E-state index contributed by atoms with van der Waals surface area (Å²) in [4.78, 5) is 34.8. The van der Waals surface area contributed by atoms with E-state index in [9.17, 15) is 14.7 Å². The van der Waals surface area contributed by atoms with Crippen LogP contribution in [0.25, 0.3) is 5.57 Å².